The van der Waals surface area contributed by atoms with Gasteiger partial charge in [0.15, 0.2) is 0 Å². The van der Waals surface area contributed by atoms with E-state index >= 15 is 0 Å². The van der Waals surface area contributed by atoms with E-state index in [0.717, 1.165) is 0 Å². The smallest absolute Gasteiger partial charge is 0.248 e. The summed E-state index contributed by atoms with van der Waals surface area (Å²) in [4.78, 5) is 19.0. The number of fused-ring (bicyclic) bond motifs is 1. The van der Waals surface area contributed by atoms with Crippen molar-refractivity contribution in [3.8, 4) is 17.6 Å². The number of aliphatic hydroxyl groups excluding tert-OH is 2. The van der Waals surface area contributed by atoms with E-state index in [1.165, 1.54) is 49.2 Å². The van der Waals surface area contributed by atoms with Crippen molar-refractivity contribution in [2.75, 3.05) is 30.4 Å². The lowest BCUT2D eigenvalue weighted by molar-refractivity contribution is -0.112. The summed E-state index contributed by atoms with van der Waals surface area (Å²) in [7, 11) is 0. The van der Waals surface area contributed by atoms with Gasteiger partial charge in [-0.1, -0.05) is 29.8 Å². The molecule has 1 amide bonds. The average molecular weight is 676 g/mol. The molecule has 1 aromatic heterocycles. The van der Waals surface area contributed by atoms with Crippen LogP contribution in [0.1, 0.15) is 31.4 Å². The minimum Gasteiger partial charge on any atom is -0.487 e. The van der Waals surface area contributed by atoms with E-state index in [2.05, 4.69) is 21.7 Å². The zero-order valence-corrected chi connectivity index (χ0v) is 27.1. The summed E-state index contributed by atoms with van der Waals surface area (Å²) in [6, 6.07) is 16.8. The Hall–Kier alpha value is -4.77. The van der Waals surface area contributed by atoms with Gasteiger partial charge in [0.2, 0.25) is 5.91 Å². The molecule has 0 radical (unpaired) electrons. The number of anilines is 3. The minimum atomic E-state index is -0.923. The van der Waals surface area contributed by atoms with E-state index in [1.807, 2.05) is 0 Å². The van der Waals surface area contributed by atoms with Crippen LogP contribution >= 0.6 is 11.6 Å². The maximum atomic E-state index is 13.6. The Morgan fingerprint density at radius 2 is 1.98 bits per heavy atom. The summed E-state index contributed by atoms with van der Waals surface area (Å²) < 4.78 is 31.0. The van der Waals surface area contributed by atoms with Crippen LogP contribution in [0.15, 0.2) is 72.9 Å². The van der Waals surface area contributed by atoms with E-state index in [1.54, 1.807) is 42.5 Å². The summed E-state index contributed by atoms with van der Waals surface area (Å²) in [6.07, 6.45) is 2.83. The number of benzene rings is 3. The Labute approximate surface area is 282 Å². The molecule has 0 aliphatic carbocycles. The number of halogens is 2. The highest BCUT2D eigenvalue weighted by Gasteiger charge is 2.23. The standard InChI is InChI=1S/C35H35ClFN5O6/c1-21(43)42(22(2)44)13-4-7-32(45)41-35-31(48-27-12-14-46-20-27)11-9-28-33(24(17-38)18-39-34(28)35)40-26-8-10-30(29(36)16-26)47-19-23-5-3-6-25(37)15-23/h3-11,15-16,18,21-22,27,43-44H,12-14,19-20H2,1-2H3,(H,39,40)(H,41,45)/b7-4+/t21-,22-,27-/m0/s1. The number of nitrogens with zero attached hydrogens (tertiary/aromatic N) is 3. The van der Waals surface area contributed by atoms with Crippen LogP contribution in [0.5, 0.6) is 11.5 Å². The molecule has 0 bridgehead atoms. The molecule has 0 saturated carbocycles. The lowest BCUT2D eigenvalue weighted by Crippen LogP contribution is -2.40. The third kappa shape index (κ3) is 8.57. The Morgan fingerprint density at radius 1 is 1.19 bits per heavy atom. The van der Waals surface area contributed by atoms with Crippen molar-refractivity contribution in [1.29, 1.82) is 5.26 Å². The van der Waals surface area contributed by atoms with Crippen LogP contribution in [0.25, 0.3) is 10.9 Å². The third-order valence-corrected chi connectivity index (χ3v) is 7.88. The first-order valence-corrected chi connectivity index (χ1v) is 15.6. The molecule has 48 heavy (non-hydrogen) atoms. The van der Waals surface area contributed by atoms with Crippen molar-refractivity contribution >= 4 is 45.5 Å². The number of hydrogen-bond donors (Lipinski definition) is 4. The second-order valence-electron chi connectivity index (χ2n) is 11.1. The number of nitriles is 1. The number of aromatic nitrogens is 1. The molecular formula is C35H35ClFN5O6. The Kier molecular flexibility index (Phi) is 11.4. The van der Waals surface area contributed by atoms with Crippen molar-refractivity contribution in [1.82, 2.24) is 9.88 Å². The van der Waals surface area contributed by atoms with E-state index in [4.69, 9.17) is 25.8 Å². The summed E-state index contributed by atoms with van der Waals surface area (Å²) in [6.45, 7) is 4.24. The van der Waals surface area contributed by atoms with Crippen molar-refractivity contribution in [2.45, 2.75) is 45.4 Å². The lowest BCUT2D eigenvalue weighted by Gasteiger charge is -2.26. The number of aliphatic hydroxyl groups is 2. The fourth-order valence-corrected chi connectivity index (χ4v) is 5.40. The van der Waals surface area contributed by atoms with Gasteiger partial charge in [0.1, 0.15) is 54.2 Å². The maximum absolute atomic E-state index is 13.6. The van der Waals surface area contributed by atoms with Gasteiger partial charge >= 0.3 is 0 Å². The molecule has 1 aliphatic heterocycles. The molecule has 250 valence electrons. The molecule has 2 heterocycles. The third-order valence-electron chi connectivity index (χ3n) is 7.58. The first-order valence-electron chi connectivity index (χ1n) is 15.3. The van der Waals surface area contributed by atoms with Gasteiger partial charge in [0, 0.05) is 36.3 Å². The lowest BCUT2D eigenvalue weighted by atomic mass is 10.1. The number of ether oxygens (including phenoxy) is 3. The van der Waals surface area contributed by atoms with E-state index in [9.17, 15) is 24.7 Å². The Bertz CT molecular complexity index is 1830. The summed E-state index contributed by atoms with van der Waals surface area (Å²) in [5.74, 6) is -0.0816. The monoisotopic (exact) mass is 675 g/mol. The number of nitrogens with one attached hydrogen (secondary N) is 2. The van der Waals surface area contributed by atoms with E-state index < -0.39 is 18.4 Å². The minimum absolute atomic E-state index is 0.121. The highest BCUT2D eigenvalue weighted by Crippen LogP contribution is 2.39. The maximum Gasteiger partial charge on any atom is 0.248 e. The summed E-state index contributed by atoms with van der Waals surface area (Å²) >= 11 is 6.54. The zero-order valence-electron chi connectivity index (χ0n) is 26.3. The molecule has 4 N–H and O–H groups in total. The first-order chi connectivity index (χ1) is 23.1. The van der Waals surface area contributed by atoms with Crippen LogP contribution < -0.4 is 20.1 Å². The van der Waals surface area contributed by atoms with Crippen LogP contribution in [0, 0.1) is 17.1 Å². The second-order valence-corrected chi connectivity index (χ2v) is 11.5. The fraction of sp³-hybridized carbons (Fsp3) is 0.286. The molecule has 5 rings (SSSR count). The van der Waals surface area contributed by atoms with Crippen LogP contribution in [0.3, 0.4) is 0 Å². The number of pyridine rings is 1. The van der Waals surface area contributed by atoms with Gasteiger partial charge in [-0.15, -0.1) is 0 Å². The van der Waals surface area contributed by atoms with Gasteiger partial charge in [-0.3, -0.25) is 9.78 Å². The summed E-state index contributed by atoms with van der Waals surface area (Å²) in [5.41, 5.74) is 2.54. The molecular weight excluding hydrogens is 641 g/mol. The first kappa shape index (κ1) is 34.6. The van der Waals surface area contributed by atoms with Gasteiger partial charge in [0.25, 0.3) is 0 Å². The zero-order chi connectivity index (χ0) is 34.2. The number of carbonyl (C=O) groups is 1. The molecule has 0 unspecified atom stereocenters. The number of amides is 1. The van der Waals surface area contributed by atoms with Gasteiger partial charge in [-0.2, -0.15) is 5.26 Å². The van der Waals surface area contributed by atoms with Crippen LogP contribution in [-0.2, 0) is 16.1 Å². The number of carbonyl (C=O) groups excluding carboxylic acids is 1. The Morgan fingerprint density at radius 3 is 2.67 bits per heavy atom. The van der Waals surface area contributed by atoms with Gasteiger partial charge in [0.05, 0.1) is 35.0 Å². The van der Waals surface area contributed by atoms with Gasteiger partial charge in [-0.05, 0) is 61.9 Å². The number of hydrogen-bond acceptors (Lipinski definition) is 10. The highest BCUT2D eigenvalue weighted by atomic mass is 35.5. The molecule has 3 atom stereocenters. The van der Waals surface area contributed by atoms with E-state index in [-0.39, 0.29) is 30.6 Å². The van der Waals surface area contributed by atoms with Crippen molar-refractivity contribution in [2.24, 2.45) is 0 Å². The molecule has 13 heteroatoms. The topological polar surface area (TPSA) is 149 Å². The van der Waals surface area contributed by atoms with Gasteiger partial charge < -0.3 is 35.1 Å². The van der Waals surface area contributed by atoms with E-state index in [0.29, 0.717) is 69.7 Å². The Balaban J connectivity index is 1.44. The van der Waals surface area contributed by atoms with Crippen molar-refractivity contribution < 1.29 is 33.6 Å². The largest absolute Gasteiger partial charge is 0.487 e. The van der Waals surface area contributed by atoms with Gasteiger partial charge in [-0.25, -0.2) is 9.29 Å². The number of rotatable bonds is 13. The molecule has 11 nitrogen and oxygen atoms in total. The molecule has 0 spiro atoms. The second kappa shape index (κ2) is 15.9. The van der Waals surface area contributed by atoms with Crippen LogP contribution in [0.2, 0.25) is 5.02 Å². The van der Waals surface area contributed by atoms with Crippen LogP contribution in [-0.4, -0.2) is 64.3 Å². The predicted octanol–water partition coefficient (Wildman–Crippen LogP) is 5.86. The summed E-state index contributed by atoms with van der Waals surface area (Å²) in [5, 5.41) is 36.7. The fourth-order valence-electron chi connectivity index (χ4n) is 5.16. The molecule has 1 aliphatic rings. The van der Waals surface area contributed by atoms with Crippen molar-refractivity contribution in [3.63, 3.8) is 0 Å². The normalized spacial score (nSPS) is 15.8. The molecule has 3 aromatic carbocycles. The molecule has 1 fully saturated rings. The van der Waals surface area contributed by atoms with Crippen LogP contribution in [0.4, 0.5) is 21.5 Å². The van der Waals surface area contributed by atoms with Crippen molar-refractivity contribution in [3.05, 3.63) is 94.9 Å². The highest BCUT2D eigenvalue weighted by molar-refractivity contribution is 6.32. The SMILES string of the molecule is C[C@H](O)N(C/C=C/C(=O)Nc1c(O[C@H]2CCOC2)ccc2c(Nc3ccc(OCc4cccc(F)c4)c(Cl)c3)c(C#N)cnc12)[C@H](C)O. The molecule has 1 saturated heterocycles. The predicted molar refractivity (Wildman–Crippen MR) is 180 cm³/mol. The molecule has 4 aromatic rings. The average Bonchev–Trinajstić information content (AvgIpc) is 3.57. The quantitative estimate of drug-likeness (QED) is 0.100.